The van der Waals surface area contributed by atoms with Crippen LogP contribution in [0, 0.1) is 0 Å². The minimum atomic E-state index is -0.881. The molecule has 0 saturated carbocycles. The van der Waals surface area contributed by atoms with Crippen molar-refractivity contribution in [1.29, 1.82) is 0 Å². The van der Waals surface area contributed by atoms with Crippen LogP contribution in [0.5, 0.6) is 0 Å². The smallest absolute Gasteiger partial charge is 0.326 e. The van der Waals surface area contributed by atoms with Crippen LogP contribution in [0.1, 0.15) is 11.1 Å². The van der Waals surface area contributed by atoms with E-state index in [9.17, 15) is 4.79 Å². The number of thiol groups is 1. The minimum Gasteiger partial charge on any atom is -0.480 e. The first-order valence-corrected chi connectivity index (χ1v) is 7.14. The number of hydrogen-bond donors (Lipinski definition) is 3. The fourth-order valence-corrected chi connectivity index (χ4v) is 2.91. The number of carboxylic acid groups (broad SMARTS) is 1. The molecule has 2 N–H and O–H groups in total. The van der Waals surface area contributed by atoms with E-state index in [1.807, 2.05) is 24.3 Å². The van der Waals surface area contributed by atoms with Gasteiger partial charge in [-0.15, -0.1) is 0 Å². The van der Waals surface area contributed by atoms with E-state index in [2.05, 4.69) is 36.1 Å². The quantitative estimate of drug-likeness (QED) is 0.646. The maximum Gasteiger partial charge on any atom is 0.326 e. The second kappa shape index (κ2) is 5.21. The Hall–Kier alpha value is -1.94. The summed E-state index contributed by atoms with van der Waals surface area (Å²) in [5.74, 6) is -0.625. The van der Waals surface area contributed by atoms with E-state index in [4.69, 9.17) is 5.11 Å². The van der Waals surface area contributed by atoms with Gasteiger partial charge in [-0.1, -0.05) is 36.4 Å². The normalized spacial score (nSPS) is 13.4. The Balaban J connectivity index is 1.99. The Morgan fingerprint density at radius 3 is 2.70 bits per heavy atom. The van der Waals surface area contributed by atoms with Crippen LogP contribution < -0.4 is 5.32 Å². The number of carbonyl (C=O) groups is 1. The predicted octanol–water partition coefficient (Wildman–Crippen LogP) is 3.05. The topological polar surface area (TPSA) is 49.3 Å². The second-order valence-corrected chi connectivity index (χ2v) is 5.25. The molecule has 2 aromatic rings. The van der Waals surface area contributed by atoms with Gasteiger partial charge >= 0.3 is 5.97 Å². The summed E-state index contributed by atoms with van der Waals surface area (Å²) in [5, 5.41) is 12.2. The van der Waals surface area contributed by atoms with Crippen LogP contribution in [0.3, 0.4) is 0 Å². The lowest BCUT2D eigenvalue weighted by Crippen LogP contribution is -2.31. The first-order valence-electron chi connectivity index (χ1n) is 6.51. The van der Waals surface area contributed by atoms with Crippen LogP contribution in [-0.4, -0.2) is 22.9 Å². The summed E-state index contributed by atoms with van der Waals surface area (Å²) in [6.45, 7) is 0. The molecule has 2 aromatic carbocycles. The molecule has 0 radical (unpaired) electrons. The van der Waals surface area contributed by atoms with Gasteiger partial charge in [0.2, 0.25) is 0 Å². The molecule has 3 rings (SSSR count). The number of hydrogen-bond acceptors (Lipinski definition) is 3. The maximum absolute atomic E-state index is 11.1. The van der Waals surface area contributed by atoms with Gasteiger partial charge in [-0.3, -0.25) is 0 Å². The first-order chi connectivity index (χ1) is 9.70. The van der Waals surface area contributed by atoms with Gasteiger partial charge in [0.1, 0.15) is 6.04 Å². The van der Waals surface area contributed by atoms with E-state index in [1.54, 1.807) is 0 Å². The van der Waals surface area contributed by atoms with Crippen molar-refractivity contribution in [2.75, 3.05) is 11.1 Å². The van der Waals surface area contributed by atoms with Crippen molar-refractivity contribution in [1.82, 2.24) is 0 Å². The van der Waals surface area contributed by atoms with Gasteiger partial charge in [0.25, 0.3) is 0 Å². The zero-order valence-electron chi connectivity index (χ0n) is 10.8. The van der Waals surface area contributed by atoms with E-state index >= 15 is 0 Å². The van der Waals surface area contributed by atoms with Crippen molar-refractivity contribution in [3.63, 3.8) is 0 Å². The Morgan fingerprint density at radius 1 is 1.20 bits per heavy atom. The molecule has 0 spiro atoms. The van der Waals surface area contributed by atoms with E-state index in [-0.39, 0.29) is 5.75 Å². The highest BCUT2D eigenvalue weighted by molar-refractivity contribution is 7.80. The number of anilines is 1. The number of fused-ring (bicyclic) bond motifs is 3. The fourth-order valence-electron chi connectivity index (χ4n) is 2.67. The van der Waals surface area contributed by atoms with Gasteiger partial charge in [-0.05, 0) is 28.3 Å². The molecule has 4 heteroatoms. The molecule has 0 amide bonds. The molecule has 0 saturated heterocycles. The summed E-state index contributed by atoms with van der Waals surface area (Å²) < 4.78 is 0. The van der Waals surface area contributed by atoms with Crippen molar-refractivity contribution >= 4 is 24.3 Å². The molecule has 1 atom stereocenters. The summed E-state index contributed by atoms with van der Waals surface area (Å²) >= 11 is 4.10. The van der Waals surface area contributed by atoms with Gasteiger partial charge in [0.15, 0.2) is 0 Å². The Labute approximate surface area is 123 Å². The van der Waals surface area contributed by atoms with Crippen molar-refractivity contribution in [2.24, 2.45) is 0 Å². The highest BCUT2D eigenvalue weighted by Crippen LogP contribution is 2.40. The van der Waals surface area contributed by atoms with Gasteiger partial charge in [-0.2, -0.15) is 12.6 Å². The summed E-state index contributed by atoms with van der Waals surface area (Å²) in [4.78, 5) is 11.1. The fraction of sp³-hybridized carbons (Fsp3) is 0.188. The zero-order chi connectivity index (χ0) is 14.1. The van der Waals surface area contributed by atoms with Crippen LogP contribution in [0.2, 0.25) is 0 Å². The van der Waals surface area contributed by atoms with Crippen molar-refractivity contribution < 1.29 is 9.90 Å². The maximum atomic E-state index is 11.1. The third-order valence-electron chi connectivity index (χ3n) is 3.66. The summed E-state index contributed by atoms with van der Waals surface area (Å²) in [6, 6.07) is 13.6. The first kappa shape index (κ1) is 13.1. The highest BCUT2D eigenvalue weighted by atomic mass is 32.1. The molecule has 0 heterocycles. The number of nitrogens with one attached hydrogen (secondary N) is 1. The largest absolute Gasteiger partial charge is 0.480 e. The number of carboxylic acids is 1. The number of benzene rings is 2. The zero-order valence-corrected chi connectivity index (χ0v) is 11.7. The van der Waals surface area contributed by atoms with Crippen LogP contribution in [0.4, 0.5) is 5.69 Å². The third kappa shape index (κ3) is 2.16. The SMILES string of the molecule is O=C(O)[C@H](CS)Nc1cccc2c1Cc1ccccc1-2. The molecular formula is C16H15NO2S. The van der Waals surface area contributed by atoms with Crippen molar-refractivity contribution in [2.45, 2.75) is 12.5 Å². The molecule has 102 valence electrons. The van der Waals surface area contributed by atoms with Gasteiger partial charge in [0.05, 0.1) is 0 Å². The van der Waals surface area contributed by atoms with E-state index in [0.717, 1.165) is 12.1 Å². The van der Waals surface area contributed by atoms with Crippen LogP contribution in [-0.2, 0) is 11.2 Å². The molecule has 0 unspecified atom stereocenters. The minimum absolute atomic E-state index is 0.256. The monoisotopic (exact) mass is 285 g/mol. The summed E-state index contributed by atoms with van der Waals surface area (Å²) in [6.07, 6.45) is 0.841. The molecule has 0 aliphatic heterocycles. The third-order valence-corrected chi connectivity index (χ3v) is 4.03. The lowest BCUT2D eigenvalue weighted by Gasteiger charge is -2.16. The van der Waals surface area contributed by atoms with Crippen molar-refractivity contribution in [3.05, 3.63) is 53.6 Å². The molecule has 0 fully saturated rings. The van der Waals surface area contributed by atoms with E-state index in [1.165, 1.54) is 22.3 Å². The van der Waals surface area contributed by atoms with Crippen LogP contribution in [0.15, 0.2) is 42.5 Å². The molecular weight excluding hydrogens is 270 g/mol. The Kier molecular flexibility index (Phi) is 3.40. The van der Waals surface area contributed by atoms with Crippen LogP contribution >= 0.6 is 12.6 Å². The molecule has 3 nitrogen and oxygen atoms in total. The van der Waals surface area contributed by atoms with E-state index < -0.39 is 12.0 Å². The lowest BCUT2D eigenvalue weighted by molar-refractivity contribution is -0.137. The standard InChI is InChI=1S/C16H15NO2S/c18-16(19)15(9-20)17-14-7-3-6-12-11-5-2-1-4-10(11)8-13(12)14/h1-7,15,17,20H,8-9H2,(H,18,19)/t15-/m0/s1. The average molecular weight is 285 g/mol. The Bertz CT molecular complexity index is 669. The van der Waals surface area contributed by atoms with Gasteiger partial charge in [-0.25, -0.2) is 4.79 Å². The van der Waals surface area contributed by atoms with Crippen LogP contribution in [0.25, 0.3) is 11.1 Å². The van der Waals surface area contributed by atoms with E-state index in [0.29, 0.717) is 0 Å². The summed E-state index contributed by atoms with van der Waals surface area (Å²) in [7, 11) is 0. The molecule has 1 aliphatic rings. The number of aliphatic carboxylic acids is 1. The summed E-state index contributed by atoms with van der Waals surface area (Å²) in [5.41, 5.74) is 5.77. The van der Waals surface area contributed by atoms with Gasteiger partial charge in [0, 0.05) is 17.9 Å². The Morgan fingerprint density at radius 2 is 1.95 bits per heavy atom. The van der Waals surface area contributed by atoms with Crippen molar-refractivity contribution in [3.8, 4) is 11.1 Å². The van der Waals surface area contributed by atoms with Gasteiger partial charge < -0.3 is 10.4 Å². The second-order valence-electron chi connectivity index (χ2n) is 4.88. The molecule has 0 aromatic heterocycles. The molecule has 1 aliphatic carbocycles. The molecule has 0 bridgehead atoms. The molecule has 20 heavy (non-hydrogen) atoms. The highest BCUT2D eigenvalue weighted by Gasteiger charge is 2.23. The predicted molar refractivity (Wildman–Crippen MR) is 83.6 cm³/mol. The number of rotatable bonds is 4. The lowest BCUT2D eigenvalue weighted by atomic mass is 10.0. The average Bonchev–Trinajstić information content (AvgIpc) is 2.84.